The molecule has 0 aliphatic rings. The number of rotatable bonds is 12. The van der Waals surface area contributed by atoms with E-state index in [9.17, 15) is 5.11 Å². The molecule has 0 aromatic rings. The van der Waals surface area contributed by atoms with E-state index in [1.807, 2.05) is 0 Å². The number of nitrogens with zero attached hydrogens (tertiary/aromatic N) is 1. The Morgan fingerprint density at radius 2 is 1.39 bits per heavy atom. The first-order chi connectivity index (χ1) is 8.49. The van der Waals surface area contributed by atoms with E-state index in [0.29, 0.717) is 26.4 Å². The minimum absolute atomic E-state index is 0.392. The van der Waals surface area contributed by atoms with E-state index < -0.39 is 5.79 Å². The number of aliphatic hydroxyl groups is 1. The zero-order valence-electron chi connectivity index (χ0n) is 12.3. The standard InChI is InChI=1S/C13H29NO4/c1-5-14(6-2)7-8-16-9-10-17-11-12-18-13(3,4)15/h15H,5-12H2,1-4H3. The number of hydrogen-bond donors (Lipinski definition) is 1. The molecule has 0 aromatic heterocycles. The summed E-state index contributed by atoms with van der Waals surface area (Å²) < 4.78 is 15.9. The molecule has 5 heteroatoms. The van der Waals surface area contributed by atoms with Gasteiger partial charge in [0, 0.05) is 6.54 Å². The van der Waals surface area contributed by atoms with Crippen LogP contribution in [0.3, 0.4) is 0 Å². The zero-order valence-corrected chi connectivity index (χ0v) is 12.3. The number of hydrogen-bond acceptors (Lipinski definition) is 5. The largest absolute Gasteiger partial charge is 0.378 e. The molecule has 18 heavy (non-hydrogen) atoms. The maximum atomic E-state index is 9.28. The normalized spacial score (nSPS) is 12.3. The highest BCUT2D eigenvalue weighted by Gasteiger charge is 2.11. The predicted molar refractivity (Wildman–Crippen MR) is 71.7 cm³/mol. The first-order valence-electron chi connectivity index (χ1n) is 6.73. The van der Waals surface area contributed by atoms with E-state index in [1.54, 1.807) is 13.8 Å². The molecule has 0 amide bonds. The summed E-state index contributed by atoms with van der Waals surface area (Å²) >= 11 is 0. The van der Waals surface area contributed by atoms with Crippen LogP contribution in [0.15, 0.2) is 0 Å². The Labute approximate surface area is 111 Å². The fraction of sp³-hybridized carbons (Fsp3) is 1.00. The third-order valence-corrected chi connectivity index (χ3v) is 2.50. The third kappa shape index (κ3) is 12.3. The molecule has 0 aromatic carbocycles. The fourth-order valence-electron chi connectivity index (χ4n) is 1.41. The van der Waals surface area contributed by atoms with Gasteiger partial charge in [-0.2, -0.15) is 0 Å². The van der Waals surface area contributed by atoms with Gasteiger partial charge in [-0.3, -0.25) is 0 Å². The SMILES string of the molecule is CCN(CC)CCOCCOCCOC(C)(C)O. The topological polar surface area (TPSA) is 51.2 Å². The summed E-state index contributed by atoms with van der Waals surface area (Å²) in [6.45, 7) is 13.4. The smallest absolute Gasteiger partial charge is 0.159 e. The van der Waals surface area contributed by atoms with E-state index in [2.05, 4.69) is 18.7 Å². The van der Waals surface area contributed by atoms with Crippen molar-refractivity contribution >= 4 is 0 Å². The fourth-order valence-corrected chi connectivity index (χ4v) is 1.41. The highest BCUT2D eigenvalue weighted by molar-refractivity contribution is 4.50. The van der Waals surface area contributed by atoms with Gasteiger partial charge in [-0.15, -0.1) is 0 Å². The lowest BCUT2D eigenvalue weighted by atomic mass is 10.4. The number of likely N-dealkylation sites (N-methyl/N-ethyl adjacent to an activating group) is 1. The highest BCUT2D eigenvalue weighted by Crippen LogP contribution is 2.01. The van der Waals surface area contributed by atoms with E-state index >= 15 is 0 Å². The molecule has 0 fully saturated rings. The lowest BCUT2D eigenvalue weighted by Crippen LogP contribution is -2.27. The average Bonchev–Trinajstić information content (AvgIpc) is 2.30. The van der Waals surface area contributed by atoms with Gasteiger partial charge in [-0.25, -0.2) is 0 Å². The van der Waals surface area contributed by atoms with Crippen molar-refractivity contribution in [2.45, 2.75) is 33.5 Å². The van der Waals surface area contributed by atoms with Gasteiger partial charge in [0.2, 0.25) is 0 Å². The van der Waals surface area contributed by atoms with E-state index in [-0.39, 0.29) is 0 Å². The molecular weight excluding hydrogens is 234 g/mol. The third-order valence-electron chi connectivity index (χ3n) is 2.50. The van der Waals surface area contributed by atoms with Crippen LogP contribution in [0.2, 0.25) is 0 Å². The van der Waals surface area contributed by atoms with Gasteiger partial charge in [0.15, 0.2) is 5.79 Å². The Bertz CT molecular complexity index is 178. The zero-order chi connectivity index (χ0) is 13.9. The van der Waals surface area contributed by atoms with Crippen molar-refractivity contribution in [3.8, 4) is 0 Å². The molecule has 0 spiro atoms. The Balaban J connectivity index is 3.17. The molecule has 0 saturated carbocycles. The van der Waals surface area contributed by atoms with Crippen molar-refractivity contribution in [2.75, 3.05) is 52.7 Å². The second kappa shape index (κ2) is 10.7. The van der Waals surface area contributed by atoms with Crippen LogP contribution in [-0.2, 0) is 14.2 Å². The molecular formula is C13H29NO4. The molecule has 0 rings (SSSR count). The van der Waals surface area contributed by atoms with Gasteiger partial charge in [0.25, 0.3) is 0 Å². The van der Waals surface area contributed by atoms with Gasteiger partial charge in [-0.1, -0.05) is 13.8 Å². The molecule has 0 heterocycles. The van der Waals surface area contributed by atoms with Gasteiger partial charge in [0.05, 0.1) is 33.0 Å². The summed E-state index contributed by atoms with van der Waals surface area (Å²) in [6.07, 6.45) is 0. The van der Waals surface area contributed by atoms with Crippen molar-refractivity contribution in [1.82, 2.24) is 4.90 Å². The number of ether oxygens (including phenoxy) is 3. The van der Waals surface area contributed by atoms with Crippen LogP contribution in [0.5, 0.6) is 0 Å². The summed E-state index contributed by atoms with van der Waals surface area (Å²) in [7, 11) is 0. The molecule has 0 aliphatic heterocycles. The quantitative estimate of drug-likeness (QED) is 0.422. The molecule has 0 saturated heterocycles. The molecule has 110 valence electrons. The molecule has 0 atom stereocenters. The second-order valence-electron chi connectivity index (χ2n) is 4.55. The van der Waals surface area contributed by atoms with Crippen molar-refractivity contribution in [2.24, 2.45) is 0 Å². The molecule has 0 unspecified atom stereocenters. The van der Waals surface area contributed by atoms with E-state index in [1.165, 1.54) is 0 Å². The van der Waals surface area contributed by atoms with Crippen LogP contribution in [-0.4, -0.2) is 68.5 Å². The van der Waals surface area contributed by atoms with Crippen LogP contribution in [0, 0.1) is 0 Å². The average molecular weight is 263 g/mol. The van der Waals surface area contributed by atoms with Gasteiger partial charge < -0.3 is 24.2 Å². The Morgan fingerprint density at radius 1 is 0.889 bits per heavy atom. The maximum Gasteiger partial charge on any atom is 0.159 e. The first-order valence-corrected chi connectivity index (χ1v) is 6.73. The lowest BCUT2D eigenvalue weighted by Gasteiger charge is -2.18. The Morgan fingerprint density at radius 3 is 1.89 bits per heavy atom. The molecule has 0 radical (unpaired) electrons. The van der Waals surface area contributed by atoms with Crippen LogP contribution in [0.1, 0.15) is 27.7 Å². The predicted octanol–water partition coefficient (Wildman–Crippen LogP) is 1.11. The summed E-state index contributed by atoms with van der Waals surface area (Å²) in [4.78, 5) is 2.32. The second-order valence-corrected chi connectivity index (χ2v) is 4.55. The molecule has 5 nitrogen and oxygen atoms in total. The van der Waals surface area contributed by atoms with Crippen LogP contribution >= 0.6 is 0 Å². The Kier molecular flexibility index (Phi) is 10.6. The van der Waals surface area contributed by atoms with E-state index in [0.717, 1.165) is 26.2 Å². The molecule has 0 bridgehead atoms. The van der Waals surface area contributed by atoms with Crippen LogP contribution in [0.25, 0.3) is 0 Å². The summed E-state index contributed by atoms with van der Waals surface area (Å²) in [6, 6.07) is 0. The highest BCUT2D eigenvalue weighted by atomic mass is 16.6. The summed E-state index contributed by atoms with van der Waals surface area (Å²) in [5, 5.41) is 9.28. The van der Waals surface area contributed by atoms with Gasteiger partial charge in [-0.05, 0) is 26.9 Å². The van der Waals surface area contributed by atoms with E-state index in [4.69, 9.17) is 14.2 Å². The van der Waals surface area contributed by atoms with Crippen molar-refractivity contribution in [3.63, 3.8) is 0 Å². The summed E-state index contributed by atoms with van der Waals surface area (Å²) in [5.41, 5.74) is 0. The monoisotopic (exact) mass is 263 g/mol. The lowest BCUT2D eigenvalue weighted by molar-refractivity contribution is -0.183. The van der Waals surface area contributed by atoms with Crippen molar-refractivity contribution in [1.29, 1.82) is 0 Å². The first kappa shape index (κ1) is 17.8. The minimum Gasteiger partial charge on any atom is -0.378 e. The van der Waals surface area contributed by atoms with Crippen LogP contribution in [0.4, 0.5) is 0 Å². The van der Waals surface area contributed by atoms with Gasteiger partial charge >= 0.3 is 0 Å². The van der Waals surface area contributed by atoms with Gasteiger partial charge in [0.1, 0.15) is 0 Å². The minimum atomic E-state index is -1.08. The molecule has 1 N–H and O–H groups in total. The van der Waals surface area contributed by atoms with Crippen LogP contribution < -0.4 is 0 Å². The van der Waals surface area contributed by atoms with Crippen molar-refractivity contribution < 1.29 is 19.3 Å². The molecule has 0 aliphatic carbocycles. The van der Waals surface area contributed by atoms with Crippen molar-refractivity contribution in [3.05, 3.63) is 0 Å². The summed E-state index contributed by atoms with van der Waals surface area (Å²) in [5.74, 6) is -1.08. The Hall–Kier alpha value is -0.200. The maximum absolute atomic E-state index is 9.28.